The van der Waals surface area contributed by atoms with Crippen LogP contribution in [0.4, 0.5) is 10.5 Å². The van der Waals surface area contributed by atoms with Crippen molar-refractivity contribution in [3.05, 3.63) is 54.6 Å². The number of hydrogen-bond donors (Lipinski definition) is 0. The lowest BCUT2D eigenvalue weighted by atomic mass is 9.72. The topological polar surface area (TPSA) is 77.0 Å². The molecule has 36 heavy (non-hydrogen) atoms. The first-order valence-electron chi connectivity index (χ1n) is 12.1. The summed E-state index contributed by atoms with van der Waals surface area (Å²) in [5.74, 6) is 0.691. The molecule has 3 heterocycles. The number of nitrogens with zero attached hydrogens (tertiary/aromatic N) is 4. The van der Waals surface area contributed by atoms with Gasteiger partial charge in [-0.2, -0.15) is 0 Å². The predicted octanol–water partition coefficient (Wildman–Crippen LogP) is 4.98. The minimum absolute atomic E-state index is 0.141. The van der Waals surface area contributed by atoms with Crippen molar-refractivity contribution in [1.82, 2.24) is 15.1 Å². The SMILES string of the molecule is C=Cc1cc(N2CC3(CN(C(=O)OC(C)(C)C)C3)C2)cc2nnc(-c3ccccc3OCOC)cc12. The molecule has 3 aromatic rings. The first kappa shape index (κ1) is 24.1. The molecular weight excluding hydrogens is 456 g/mol. The molecule has 8 heteroatoms. The van der Waals surface area contributed by atoms with Gasteiger partial charge in [0.1, 0.15) is 11.4 Å². The number of para-hydroxylation sites is 1. The minimum atomic E-state index is -0.475. The lowest BCUT2D eigenvalue weighted by Gasteiger charge is -2.60. The van der Waals surface area contributed by atoms with E-state index in [2.05, 4.69) is 33.8 Å². The van der Waals surface area contributed by atoms with Crippen molar-refractivity contribution in [2.24, 2.45) is 5.41 Å². The smallest absolute Gasteiger partial charge is 0.410 e. The summed E-state index contributed by atoms with van der Waals surface area (Å²) in [5.41, 5.74) is 4.14. The molecule has 0 unspecified atom stereocenters. The largest absolute Gasteiger partial charge is 0.467 e. The maximum Gasteiger partial charge on any atom is 0.410 e. The van der Waals surface area contributed by atoms with Gasteiger partial charge in [0.15, 0.2) is 6.79 Å². The van der Waals surface area contributed by atoms with Crippen molar-refractivity contribution in [3.8, 4) is 17.0 Å². The van der Waals surface area contributed by atoms with Gasteiger partial charge in [-0.25, -0.2) is 4.79 Å². The molecule has 0 radical (unpaired) electrons. The molecule has 1 spiro atoms. The molecule has 2 fully saturated rings. The number of amides is 1. The molecule has 0 saturated carbocycles. The molecule has 8 nitrogen and oxygen atoms in total. The average Bonchev–Trinajstić information content (AvgIpc) is 2.79. The average molecular weight is 489 g/mol. The molecule has 2 aliphatic heterocycles. The number of carbonyl (C=O) groups excluding carboxylic acids is 1. The highest BCUT2D eigenvalue weighted by atomic mass is 16.7. The number of rotatable bonds is 6. The van der Waals surface area contributed by atoms with E-state index in [9.17, 15) is 4.79 Å². The maximum absolute atomic E-state index is 12.3. The summed E-state index contributed by atoms with van der Waals surface area (Å²) < 4.78 is 16.3. The van der Waals surface area contributed by atoms with E-state index in [1.165, 1.54) is 0 Å². The van der Waals surface area contributed by atoms with Gasteiger partial charge in [-0.1, -0.05) is 24.8 Å². The zero-order valence-corrected chi connectivity index (χ0v) is 21.3. The first-order chi connectivity index (χ1) is 17.2. The number of carbonyl (C=O) groups is 1. The number of hydrogen-bond acceptors (Lipinski definition) is 7. The maximum atomic E-state index is 12.3. The van der Waals surface area contributed by atoms with Crippen LogP contribution >= 0.6 is 0 Å². The van der Waals surface area contributed by atoms with E-state index in [1.807, 2.05) is 57.2 Å². The third-order valence-electron chi connectivity index (χ3n) is 6.56. The monoisotopic (exact) mass is 488 g/mol. The Labute approximate surface area is 211 Å². The van der Waals surface area contributed by atoms with Crippen LogP contribution in [-0.4, -0.2) is 66.9 Å². The normalized spacial score (nSPS) is 16.4. The van der Waals surface area contributed by atoms with Gasteiger partial charge in [-0.3, -0.25) is 0 Å². The van der Waals surface area contributed by atoms with Crippen LogP contribution in [0.2, 0.25) is 0 Å². The number of ether oxygens (including phenoxy) is 3. The Kier molecular flexibility index (Phi) is 6.08. The number of benzene rings is 2. The standard InChI is InChI=1S/C28H32N4O4/c1-6-19-11-20(31-14-28(15-31)16-32(17-28)26(33)36-27(2,3)4)12-23-22(19)13-24(30-29-23)21-9-7-8-10-25(21)35-18-34-5/h6-13H,1,14-18H2,2-5H3. The number of methoxy groups -OCH3 is 1. The Hall–Kier alpha value is -3.65. The van der Waals surface area contributed by atoms with Crippen LogP contribution in [0.25, 0.3) is 28.2 Å². The molecule has 0 atom stereocenters. The Morgan fingerprint density at radius 2 is 1.86 bits per heavy atom. The fraction of sp³-hybridized carbons (Fsp3) is 0.393. The zero-order valence-electron chi connectivity index (χ0n) is 21.3. The molecule has 188 valence electrons. The van der Waals surface area contributed by atoms with Gasteiger partial charge in [-0.15, -0.1) is 10.2 Å². The molecule has 1 aromatic heterocycles. The van der Waals surface area contributed by atoms with Gasteiger partial charge in [0.05, 0.1) is 11.2 Å². The van der Waals surface area contributed by atoms with Gasteiger partial charge < -0.3 is 24.0 Å². The second-order valence-electron chi connectivity index (χ2n) is 10.6. The van der Waals surface area contributed by atoms with Gasteiger partial charge in [-0.05, 0) is 56.7 Å². The van der Waals surface area contributed by atoms with Crippen LogP contribution in [0.15, 0.2) is 49.0 Å². The van der Waals surface area contributed by atoms with Crippen molar-refractivity contribution in [1.29, 1.82) is 0 Å². The van der Waals surface area contributed by atoms with Gasteiger partial charge in [0, 0.05) is 55.3 Å². The Morgan fingerprint density at radius 3 is 2.56 bits per heavy atom. The highest BCUT2D eigenvalue weighted by Crippen LogP contribution is 2.43. The fourth-order valence-corrected chi connectivity index (χ4v) is 4.93. The number of anilines is 1. The molecular formula is C28H32N4O4. The van der Waals surface area contributed by atoms with Crippen LogP contribution in [0.3, 0.4) is 0 Å². The molecule has 1 amide bonds. The quantitative estimate of drug-likeness (QED) is 0.453. The summed E-state index contributed by atoms with van der Waals surface area (Å²) in [5, 5.41) is 10.0. The van der Waals surface area contributed by atoms with E-state index >= 15 is 0 Å². The summed E-state index contributed by atoms with van der Waals surface area (Å²) in [6.45, 7) is 13.1. The van der Waals surface area contributed by atoms with Crippen LogP contribution in [-0.2, 0) is 9.47 Å². The summed E-state index contributed by atoms with van der Waals surface area (Å²) in [7, 11) is 1.59. The van der Waals surface area contributed by atoms with Gasteiger partial charge >= 0.3 is 6.09 Å². The number of fused-ring (bicyclic) bond motifs is 1. The minimum Gasteiger partial charge on any atom is -0.467 e. The third kappa shape index (κ3) is 4.60. The molecule has 0 aliphatic carbocycles. The van der Waals surface area contributed by atoms with Crippen molar-refractivity contribution < 1.29 is 19.0 Å². The van der Waals surface area contributed by atoms with Crippen molar-refractivity contribution in [2.45, 2.75) is 26.4 Å². The lowest BCUT2D eigenvalue weighted by molar-refractivity contribution is -0.0452. The predicted molar refractivity (Wildman–Crippen MR) is 140 cm³/mol. The second-order valence-corrected chi connectivity index (χ2v) is 10.6. The Balaban J connectivity index is 1.33. The fourth-order valence-electron chi connectivity index (χ4n) is 4.93. The van der Waals surface area contributed by atoms with E-state index in [4.69, 9.17) is 14.2 Å². The summed E-state index contributed by atoms with van der Waals surface area (Å²) in [6.07, 6.45) is 1.62. The van der Waals surface area contributed by atoms with Crippen LogP contribution in [0.1, 0.15) is 26.3 Å². The van der Waals surface area contributed by atoms with E-state index in [0.717, 1.165) is 59.6 Å². The Bertz CT molecular complexity index is 1300. The van der Waals surface area contributed by atoms with Crippen molar-refractivity contribution >= 4 is 28.8 Å². The Morgan fingerprint density at radius 1 is 1.11 bits per heavy atom. The van der Waals surface area contributed by atoms with E-state index in [0.29, 0.717) is 5.75 Å². The summed E-state index contributed by atoms with van der Waals surface area (Å²) in [6, 6.07) is 14.0. The van der Waals surface area contributed by atoms with E-state index in [1.54, 1.807) is 12.0 Å². The lowest BCUT2D eigenvalue weighted by Crippen LogP contribution is -2.73. The van der Waals surface area contributed by atoms with Gasteiger partial charge in [0.2, 0.25) is 0 Å². The van der Waals surface area contributed by atoms with Crippen molar-refractivity contribution in [2.75, 3.05) is 45.0 Å². The molecule has 2 aliphatic rings. The highest BCUT2D eigenvalue weighted by Gasteiger charge is 2.54. The van der Waals surface area contributed by atoms with Gasteiger partial charge in [0.25, 0.3) is 0 Å². The number of likely N-dealkylation sites (tertiary alicyclic amines) is 1. The second kappa shape index (κ2) is 9.09. The molecule has 2 saturated heterocycles. The van der Waals surface area contributed by atoms with E-state index < -0.39 is 5.60 Å². The highest BCUT2D eigenvalue weighted by molar-refractivity contribution is 5.93. The molecule has 0 N–H and O–H groups in total. The first-order valence-corrected chi connectivity index (χ1v) is 12.1. The zero-order chi connectivity index (χ0) is 25.5. The summed E-state index contributed by atoms with van der Waals surface area (Å²) >= 11 is 0. The van der Waals surface area contributed by atoms with Crippen molar-refractivity contribution in [3.63, 3.8) is 0 Å². The summed E-state index contributed by atoms with van der Waals surface area (Å²) in [4.78, 5) is 16.4. The molecule has 0 bridgehead atoms. The molecule has 5 rings (SSSR count). The van der Waals surface area contributed by atoms with Crippen LogP contribution < -0.4 is 9.64 Å². The third-order valence-corrected chi connectivity index (χ3v) is 6.56. The van der Waals surface area contributed by atoms with E-state index in [-0.39, 0.29) is 18.3 Å². The van der Waals surface area contributed by atoms with Crippen LogP contribution in [0.5, 0.6) is 5.75 Å². The number of aromatic nitrogens is 2. The van der Waals surface area contributed by atoms with Crippen LogP contribution in [0, 0.1) is 5.41 Å². The molecule has 2 aromatic carbocycles.